The molecule has 0 amide bonds. The van der Waals surface area contributed by atoms with Gasteiger partial charge in [0.2, 0.25) is 25.3 Å². The van der Waals surface area contributed by atoms with E-state index in [1.807, 2.05) is 20.8 Å². The summed E-state index contributed by atoms with van der Waals surface area (Å²) >= 11 is 0. The van der Waals surface area contributed by atoms with E-state index in [-0.39, 0.29) is 56.6 Å². The number of ether oxygens (including phenoxy) is 5. The van der Waals surface area contributed by atoms with Gasteiger partial charge in [0, 0.05) is 0 Å². The van der Waals surface area contributed by atoms with E-state index >= 15 is 0 Å². The largest absolute Gasteiger partial charge is 0.493 e. The summed E-state index contributed by atoms with van der Waals surface area (Å²) in [7, 11) is 1.79. The van der Waals surface area contributed by atoms with Crippen molar-refractivity contribution in [2.75, 3.05) is 35.0 Å². The third-order valence-electron chi connectivity index (χ3n) is 7.56. The van der Waals surface area contributed by atoms with E-state index in [1.165, 1.54) is 41.4 Å². The van der Waals surface area contributed by atoms with Crippen LogP contribution in [0.3, 0.4) is 0 Å². The SMILES string of the molecule is CCCOc1c(OC)cc(C(O)CCC(O)c2cc(OC)c(OC)c(OC)c2)cc1S(=O)(=O)C(C)O[Si]C(C)(C)C(C)C. The quantitative estimate of drug-likeness (QED) is 0.197. The third-order valence-corrected chi connectivity index (χ3v) is 11.2. The predicted molar refractivity (Wildman–Crippen MR) is 166 cm³/mol. The molecule has 0 saturated carbocycles. The molecule has 2 rings (SSSR count). The highest BCUT2D eigenvalue weighted by atomic mass is 32.2. The van der Waals surface area contributed by atoms with Crippen molar-refractivity contribution < 1.29 is 46.7 Å². The number of sulfone groups is 1. The number of hydrogen-bond acceptors (Lipinski definition) is 10. The van der Waals surface area contributed by atoms with E-state index in [4.69, 9.17) is 28.1 Å². The minimum absolute atomic E-state index is 0.0483. The van der Waals surface area contributed by atoms with Gasteiger partial charge < -0.3 is 38.3 Å². The Morgan fingerprint density at radius 3 is 1.67 bits per heavy atom. The van der Waals surface area contributed by atoms with Crippen molar-refractivity contribution >= 4 is 19.6 Å². The van der Waals surface area contributed by atoms with Crippen molar-refractivity contribution in [3.63, 3.8) is 0 Å². The molecule has 0 aromatic heterocycles. The summed E-state index contributed by atoms with van der Waals surface area (Å²) in [5, 5.41) is 21.9. The highest BCUT2D eigenvalue weighted by Gasteiger charge is 2.34. The van der Waals surface area contributed by atoms with Gasteiger partial charge in [-0.1, -0.05) is 34.6 Å². The average Bonchev–Trinajstić information content (AvgIpc) is 2.99. The molecule has 0 fully saturated rings. The Bertz CT molecular complexity index is 1270. The minimum Gasteiger partial charge on any atom is -0.493 e. The van der Waals surface area contributed by atoms with Crippen LogP contribution in [0.4, 0.5) is 0 Å². The van der Waals surface area contributed by atoms with Gasteiger partial charge in [0.25, 0.3) is 0 Å². The van der Waals surface area contributed by atoms with Crippen molar-refractivity contribution in [1.82, 2.24) is 0 Å². The molecule has 3 atom stereocenters. The molecule has 10 nitrogen and oxygen atoms in total. The first-order chi connectivity index (χ1) is 20.2. The summed E-state index contributed by atoms with van der Waals surface area (Å²) in [6.07, 6.45) is -1.16. The first-order valence-electron chi connectivity index (χ1n) is 14.4. The molecule has 0 saturated heterocycles. The van der Waals surface area contributed by atoms with Crippen LogP contribution in [0.15, 0.2) is 29.2 Å². The van der Waals surface area contributed by atoms with Crippen LogP contribution in [0.5, 0.6) is 28.7 Å². The van der Waals surface area contributed by atoms with Gasteiger partial charge in [-0.05, 0) is 72.5 Å². The van der Waals surface area contributed by atoms with Gasteiger partial charge in [-0.3, -0.25) is 0 Å². The fourth-order valence-corrected chi connectivity index (χ4v) is 6.47. The van der Waals surface area contributed by atoms with E-state index in [1.54, 1.807) is 18.2 Å². The molecule has 2 radical (unpaired) electrons. The predicted octanol–water partition coefficient (Wildman–Crippen LogP) is 5.67. The Kier molecular flexibility index (Phi) is 13.6. The lowest BCUT2D eigenvalue weighted by Crippen LogP contribution is -2.30. The van der Waals surface area contributed by atoms with E-state index < -0.39 is 27.5 Å². The van der Waals surface area contributed by atoms with Crippen molar-refractivity contribution in [3.8, 4) is 28.7 Å². The first-order valence-corrected chi connectivity index (χ1v) is 16.8. The molecule has 0 aliphatic heterocycles. The number of benzene rings is 2. The maximum Gasteiger partial charge on any atom is 0.238 e. The molecule has 0 aliphatic carbocycles. The Morgan fingerprint density at radius 2 is 1.26 bits per heavy atom. The lowest BCUT2D eigenvalue weighted by atomic mass is 9.98. The van der Waals surface area contributed by atoms with Crippen LogP contribution in [0, 0.1) is 5.92 Å². The Morgan fingerprint density at radius 1 is 0.791 bits per heavy atom. The second-order valence-electron chi connectivity index (χ2n) is 11.2. The summed E-state index contributed by atoms with van der Waals surface area (Å²) in [6.45, 7) is 11.9. The summed E-state index contributed by atoms with van der Waals surface area (Å²) in [4.78, 5) is -0.112. The maximum atomic E-state index is 13.9. The Hall–Kier alpha value is -2.51. The Balaban J connectivity index is 2.41. The highest BCUT2D eigenvalue weighted by molar-refractivity contribution is 7.92. The minimum atomic E-state index is -4.05. The zero-order valence-electron chi connectivity index (χ0n) is 27.0. The van der Waals surface area contributed by atoms with Gasteiger partial charge in [0.15, 0.2) is 23.0 Å². The summed E-state index contributed by atoms with van der Waals surface area (Å²) in [6, 6.07) is 6.27. The first kappa shape index (κ1) is 36.7. The van der Waals surface area contributed by atoms with Gasteiger partial charge >= 0.3 is 0 Å². The number of aliphatic hydroxyl groups excluding tert-OH is 2. The van der Waals surface area contributed by atoms with Gasteiger partial charge in [-0.15, -0.1) is 0 Å². The zero-order valence-corrected chi connectivity index (χ0v) is 28.8. The van der Waals surface area contributed by atoms with Crippen LogP contribution in [0.25, 0.3) is 0 Å². The maximum absolute atomic E-state index is 13.9. The normalized spacial score (nSPS) is 14.3. The number of rotatable bonds is 18. The van der Waals surface area contributed by atoms with Crippen molar-refractivity contribution in [3.05, 3.63) is 35.4 Å². The van der Waals surface area contributed by atoms with Gasteiger partial charge in [-0.2, -0.15) is 0 Å². The molecule has 43 heavy (non-hydrogen) atoms. The fraction of sp³-hybridized carbons (Fsp3) is 0.613. The number of methoxy groups -OCH3 is 4. The summed E-state index contributed by atoms with van der Waals surface area (Å²) in [5.41, 5.74) is -0.331. The van der Waals surface area contributed by atoms with Crippen molar-refractivity contribution in [1.29, 1.82) is 0 Å². The Labute approximate surface area is 259 Å². The lowest BCUT2D eigenvalue weighted by molar-refractivity contribution is 0.114. The van der Waals surface area contributed by atoms with E-state index in [0.29, 0.717) is 34.8 Å². The second kappa shape index (κ2) is 16.0. The van der Waals surface area contributed by atoms with Crippen LogP contribution in [-0.4, -0.2) is 68.9 Å². The second-order valence-corrected chi connectivity index (χ2v) is 15.1. The smallest absolute Gasteiger partial charge is 0.238 e. The van der Waals surface area contributed by atoms with Crippen molar-refractivity contribution in [2.24, 2.45) is 5.92 Å². The van der Waals surface area contributed by atoms with Crippen LogP contribution < -0.4 is 23.7 Å². The molecule has 3 unspecified atom stereocenters. The molecular weight excluding hydrogens is 592 g/mol. The molecular formula is C31H48O10SSi. The van der Waals surface area contributed by atoms with Crippen LogP contribution in [0.1, 0.15) is 84.1 Å². The van der Waals surface area contributed by atoms with E-state index in [2.05, 4.69) is 13.8 Å². The molecule has 0 heterocycles. The molecule has 2 N–H and O–H groups in total. The average molecular weight is 641 g/mol. The van der Waals surface area contributed by atoms with E-state index in [0.717, 1.165) is 0 Å². The van der Waals surface area contributed by atoms with E-state index in [9.17, 15) is 18.6 Å². The number of hydrogen-bond donors (Lipinski definition) is 2. The molecule has 2 aromatic rings. The third kappa shape index (κ3) is 9.01. The molecule has 12 heteroatoms. The van der Waals surface area contributed by atoms with Gasteiger partial charge in [0.05, 0.1) is 47.3 Å². The van der Waals surface area contributed by atoms with Crippen LogP contribution in [0.2, 0.25) is 5.04 Å². The highest BCUT2D eigenvalue weighted by Crippen LogP contribution is 2.43. The molecule has 0 spiro atoms. The fourth-order valence-electron chi connectivity index (χ4n) is 4.04. The molecule has 0 aliphatic rings. The van der Waals surface area contributed by atoms with Gasteiger partial charge in [0.1, 0.15) is 10.3 Å². The monoisotopic (exact) mass is 640 g/mol. The summed E-state index contributed by atoms with van der Waals surface area (Å²) in [5.74, 6) is 1.75. The molecule has 2 aromatic carbocycles. The molecule has 242 valence electrons. The topological polar surface area (TPSA) is 130 Å². The lowest BCUT2D eigenvalue weighted by Gasteiger charge is -2.29. The van der Waals surface area contributed by atoms with Gasteiger partial charge in [-0.25, -0.2) is 8.42 Å². The standard InChI is InChI=1S/C31H48O10SSi/c1-11-14-40-30-27(38-9)17-22(18-28(30)42(34,35)20(4)41-43-31(5,6)19(2)3)24(33)13-12-23(32)21-15-25(36-7)29(39-10)26(16-21)37-8/h15-20,23-24,32-33H,11-14H2,1-10H3. The molecule has 0 bridgehead atoms. The van der Waals surface area contributed by atoms with Crippen LogP contribution >= 0.6 is 0 Å². The zero-order chi connectivity index (χ0) is 32.5. The summed E-state index contributed by atoms with van der Waals surface area (Å²) < 4.78 is 61.2. The van der Waals surface area contributed by atoms with Crippen molar-refractivity contribution in [2.45, 2.75) is 88.4 Å². The van der Waals surface area contributed by atoms with Crippen LogP contribution in [-0.2, 0) is 14.3 Å². The number of aliphatic hydroxyl groups is 2.